The van der Waals surface area contributed by atoms with Crippen LogP contribution in [0.1, 0.15) is 26.7 Å². The van der Waals surface area contributed by atoms with Crippen LogP contribution in [0, 0.1) is 5.41 Å². The summed E-state index contributed by atoms with van der Waals surface area (Å²) in [6.07, 6.45) is 2.61. The molecule has 0 unspecified atom stereocenters. The third-order valence-electron chi connectivity index (χ3n) is 1.49. The molecule has 0 aromatic heterocycles. The van der Waals surface area contributed by atoms with Crippen molar-refractivity contribution in [3.05, 3.63) is 24.4 Å². The Morgan fingerprint density at radius 1 is 1.50 bits per heavy atom. The lowest BCUT2D eigenvalue weighted by molar-refractivity contribution is -0.113. The van der Waals surface area contributed by atoms with Crippen LogP contribution in [0.25, 0.3) is 0 Å². The Kier molecular flexibility index (Phi) is 5.37. The number of carbonyl (C=O) groups excluding carboxylic acids is 1. The molecule has 0 fully saturated rings. The number of nitrogens with zero attached hydrogens (tertiary/aromatic N) is 1. The number of ketones is 1. The average molecular weight is 192 g/mol. The number of Topliss-reactive ketones (excluding diaryl/α,β-unsaturated/α-hetero) is 1. The van der Waals surface area contributed by atoms with Gasteiger partial charge in [0.25, 0.3) is 0 Å². The van der Waals surface area contributed by atoms with E-state index in [4.69, 9.17) is 5.41 Å². The van der Waals surface area contributed by atoms with Crippen molar-refractivity contribution >= 4 is 17.7 Å². The van der Waals surface area contributed by atoms with Gasteiger partial charge in [-0.1, -0.05) is 20.1 Å². The number of carbonyl (C=O) groups is 1. The van der Waals surface area contributed by atoms with Crippen LogP contribution in [-0.2, 0) is 4.79 Å². The molecule has 3 nitrogen and oxygen atoms in total. The summed E-state index contributed by atoms with van der Waals surface area (Å²) in [5.41, 5.74) is 0.859. The van der Waals surface area contributed by atoms with E-state index < -0.39 is 0 Å². The summed E-state index contributed by atoms with van der Waals surface area (Å²) in [4.78, 5) is 15.1. The van der Waals surface area contributed by atoms with E-state index in [2.05, 4.69) is 18.2 Å². The van der Waals surface area contributed by atoms with E-state index in [1.807, 2.05) is 6.92 Å². The highest BCUT2D eigenvalue weighted by molar-refractivity contribution is 6.44. The summed E-state index contributed by atoms with van der Waals surface area (Å²) in [6, 6.07) is 0. The van der Waals surface area contributed by atoms with Crippen molar-refractivity contribution in [2.45, 2.75) is 26.7 Å². The standard InChI is InChI=1S/C11H16N2O/c1-5-6-10(14)11(12)9(4)13-7-8(2)3/h7,12H,2,4-6H2,1,3H3. The number of rotatable bonds is 6. The molecule has 0 aromatic rings. The van der Waals surface area contributed by atoms with Gasteiger partial charge in [-0.3, -0.25) is 15.2 Å². The molecular formula is C11H16N2O. The average Bonchev–Trinajstić information content (AvgIpc) is 2.13. The van der Waals surface area contributed by atoms with Crippen LogP contribution in [0.15, 0.2) is 29.4 Å². The molecule has 0 saturated carbocycles. The third kappa shape index (κ3) is 4.50. The smallest absolute Gasteiger partial charge is 0.182 e. The minimum atomic E-state index is -0.212. The molecule has 0 radical (unpaired) electrons. The van der Waals surface area contributed by atoms with Gasteiger partial charge in [0.1, 0.15) is 5.71 Å². The maximum absolute atomic E-state index is 11.2. The Balaban J connectivity index is 4.33. The van der Waals surface area contributed by atoms with Crippen molar-refractivity contribution in [3.8, 4) is 0 Å². The van der Waals surface area contributed by atoms with Gasteiger partial charge >= 0.3 is 0 Å². The van der Waals surface area contributed by atoms with Crippen LogP contribution in [-0.4, -0.2) is 17.7 Å². The lowest BCUT2D eigenvalue weighted by Gasteiger charge is -2.00. The van der Waals surface area contributed by atoms with Crippen molar-refractivity contribution in [2.75, 3.05) is 0 Å². The van der Waals surface area contributed by atoms with E-state index in [9.17, 15) is 4.79 Å². The van der Waals surface area contributed by atoms with Crippen LogP contribution in [0.2, 0.25) is 0 Å². The van der Waals surface area contributed by atoms with Crippen molar-refractivity contribution in [2.24, 2.45) is 4.99 Å². The highest BCUT2D eigenvalue weighted by Crippen LogP contribution is 2.01. The molecule has 0 atom stereocenters. The van der Waals surface area contributed by atoms with Crippen LogP contribution >= 0.6 is 0 Å². The first-order valence-electron chi connectivity index (χ1n) is 4.49. The van der Waals surface area contributed by atoms with E-state index in [1.54, 1.807) is 6.92 Å². The second kappa shape index (κ2) is 6.02. The van der Waals surface area contributed by atoms with E-state index >= 15 is 0 Å². The van der Waals surface area contributed by atoms with Crippen molar-refractivity contribution in [1.82, 2.24) is 0 Å². The monoisotopic (exact) mass is 192 g/mol. The molecule has 3 heteroatoms. The highest BCUT2D eigenvalue weighted by Gasteiger charge is 2.10. The normalized spacial score (nSPS) is 10.1. The van der Waals surface area contributed by atoms with E-state index in [0.717, 1.165) is 12.0 Å². The maximum atomic E-state index is 11.2. The van der Waals surface area contributed by atoms with Gasteiger partial charge < -0.3 is 0 Å². The van der Waals surface area contributed by atoms with Crippen molar-refractivity contribution in [1.29, 1.82) is 5.41 Å². The van der Waals surface area contributed by atoms with Gasteiger partial charge in [-0.2, -0.15) is 0 Å². The Morgan fingerprint density at radius 3 is 2.50 bits per heavy atom. The quantitative estimate of drug-likeness (QED) is 0.646. The van der Waals surface area contributed by atoms with Crippen LogP contribution < -0.4 is 0 Å². The highest BCUT2D eigenvalue weighted by atomic mass is 16.1. The van der Waals surface area contributed by atoms with Gasteiger partial charge in [-0.05, 0) is 18.9 Å². The predicted octanol–water partition coefficient (Wildman–Crippen LogP) is 2.54. The zero-order valence-electron chi connectivity index (χ0n) is 8.76. The molecule has 14 heavy (non-hydrogen) atoms. The zero-order valence-corrected chi connectivity index (χ0v) is 8.76. The molecule has 76 valence electrons. The minimum Gasteiger partial charge on any atom is -0.295 e. The largest absolute Gasteiger partial charge is 0.295 e. The Hall–Kier alpha value is -1.51. The molecule has 0 aliphatic heterocycles. The number of allylic oxidation sites excluding steroid dienone is 2. The summed E-state index contributed by atoms with van der Waals surface area (Å²) in [6.45, 7) is 10.8. The molecule has 0 amide bonds. The van der Waals surface area contributed by atoms with Crippen molar-refractivity contribution in [3.63, 3.8) is 0 Å². The summed E-state index contributed by atoms with van der Waals surface area (Å²) in [5.74, 6) is -0.212. The molecule has 0 spiro atoms. The third-order valence-corrected chi connectivity index (χ3v) is 1.49. The van der Waals surface area contributed by atoms with Gasteiger partial charge in [-0.25, -0.2) is 0 Å². The lowest BCUT2D eigenvalue weighted by Crippen LogP contribution is -2.13. The zero-order chi connectivity index (χ0) is 11.1. The Morgan fingerprint density at radius 2 is 2.07 bits per heavy atom. The first-order valence-corrected chi connectivity index (χ1v) is 4.49. The predicted molar refractivity (Wildman–Crippen MR) is 60.1 cm³/mol. The minimum absolute atomic E-state index is 0.107. The first kappa shape index (κ1) is 12.5. The van der Waals surface area contributed by atoms with E-state index in [0.29, 0.717) is 6.42 Å². The second-order valence-corrected chi connectivity index (χ2v) is 3.10. The fraction of sp³-hybridized carbons (Fsp3) is 0.364. The molecule has 0 saturated heterocycles. The van der Waals surface area contributed by atoms with E-state index in [-0.39, 0.29) is 17.2 Å². The van der Waals surface area contributed by atoms with Gasteiger partial charge in [0.05, 0.1) is 5.70 Å². The van der Waals surface area contributed by atoms with Gasteiger partial charge in [-0.15, -0.1) is 0 Å². The Bertz CT molecular complexity index is 300. The molecule has 0 aliphatic rings. The molecular weight excluding hydrogens is 176 g/mol. The first-order chi connectivity index (χ1) is 6.49. The Labute approximate surface area is 84.8 Å². The topological polar surface area (TPSA) is 53.3 Å². The summed E-state index contributed by atoms with van der Waals surface area (Å²) in [5, 5.41) is 7.46. The van der Waals surface area contributed by atoms with Gasteiger partial charge in [0, 0.05) is 12.6 Å². The second-order valence-electron chi connectivity index (χ2n) is 3.10. The molecule has 0 aromatic carbocycles. The molecule has 0 aliphatic carbocycles. The van der Waals surface area contributed by atoms with Gasteiger partial charge in [0.15, 0.2) is 5.78 Å². The van der Waals surface area contributed by atoms with Crippen LogP contribution in [0.4, 0.5) is 0 Å². The SMILES string of the molecule is C=C(C)C=NC(=C)C(=N)C(=O)CCC. The number of nitrogens with one attached hydrogen (secondary N) is 1. The fourth-order valence-corrected chi connectivity index (χ4v) is 0.766. The van der Waals surface area contributed by atoms with E-state index in [1.165, 1.54) is 6.21 Å². The van der Waals surface area contributed by atoms with Crippen LogP contribution in [0.3, 0.4) is 0 Å². The molecule has 0 heterocycles. The van der Waals surface area contributed by atoms with Crippen LogP contribution in [0.5, 0.6) is 0 Å². The fourth-order valence-electron chi connectivity index (χ4n) is 0.766. The lowest BCUT2D eigenvalue weighted by atomic mass is 10.1. The molecule has 1 N–H and O–H groups in total. The molecule has 0 bridgehead atoms. The molecule has 0 rings (SSSR count). The van der Waals surface area contributed by atoms with Gasteiger partial charge in [0.2, 0.25) is 0 Å². The number of aliphatic imine (C=N–C) groups is 1. The summed E-state index contributed by atoms with van der Waals surface area (Å²) in [7, 11) is 0. The number of hydrogen-bond donors (Lipinski definition) is 1. The maximum Gasteiger partial charge on any atom is 0.182 e. The summed E-state index contributed by atoms with van der Waals surface area (Å²) < 4.78 is 0. The van der Waals surface area contributed by atoms with Crippen molar-refractivity contribution < 1.29 is 4.79 Å². The summed E-state index contributed by atoms with van der Waals surface area (Å²) >= 11 is 0. The number of hydrogen-bond acceptors (Lipinski definition) is 3.